The number of anilines is 2. The molecule has 1 aromatic heterocycles. The van der Waals surface area contributed by atoms with Crippen LogP contribution in [0.1, 0.15) is 15.9 Å². The smallest absolute Gasteiger partial charge is 0.253 e. The van der Waals surface area contributed by atoms with Gasteiger partial charge in [0.25, 0.3) is 5.91 Å². The molecule has 0 saturated carbocycles. The average Bonchev–Trinajstić information content (AvgIpc) is 2.79. The molecule has 1 N–H and O–H groups in total. The normalized spacial score (nSPS) is 13.9. The minimum Gasteiger partial charge on any atom is -0.440 e. The summed E-state index contributed by atoms with van der Waals surface area (Å²) in [6.45, 7) is 2.90. The number of benzene rings is 2. The maximum atomic E-state index is 13.5. The van der Waals surface area contributed by atoms with Gasteiger partial charge in [-0.05, 0) is 42.3 Å². The summed E-state index contributed by atoms with van der Waals surface area (Å²) < 4.78 is 25.0. The Kier molecular flexibility index (Phi) is 6.41. The maximum absolute atomic E-state index is 13.5. The summed E-state index contributed by atoms with van der Waals surface area (Å²) in [5.41, 5.74) is 2.10. The van der Waals surface area contributed by atoms with Crippen molar-refractivity contribution in [1.82, 2.24) is 4.90 Å². The Balaban J connectivity index is 1.71. The van der Waals surface area contributed by atoms with Gasteiger partial charge in [0.05, 0.1) is 18.6 Å². The van der Waals surface area contributed by atoms with Crippen molar-refractivity contribution in [2.75, 3.05) is 57.2 Å². The van der Waals surface area contributed by atoms with E-state index >= 15 is 0 Å². The Morgan fingerprint density at radius 1 is 1.16 bits per heavy atom. The number of amides is 1. The molecule has 32 heavy (non-hydrogen) atoms. The molecule has 0 atom stereocenters. The number of hydrogen-bond donors (Lipinski definition) is 1. The van der Waals surface area contributed by atoms with Crippen molar-refractivity contribution >= 4 is 28.4 Å². The molecule has 168 valence electrons. The first-order valence-electron chi connectivity index (χ1n) is 10.6. The zero-order valence-corrected chi connectivity index (χ0v) is 18.2. The van der Waals surface area contributed by atoms with E-state index in [-0.39, 0.29) is 17.2 Å². The summed E-state index contributed by atoms with van der Waals surface area (Å²) in [5, 5.41) is 3.55. The highest BCUT2D eigenvalue weighted by Gasteiger charge is 2.19. The number of carbonyl (C=O) groups excluding carboxylic acids is 1. The molecule has 2 heterocycles. The first-order valence-corrected chi connectivity index (χ1v) is 10.6. The van der Waals surface area contributed by atoms with Gasteiger partial charge in [-0.25, -0.2) is 4.39 Å². The number of morpholine rings is 1. The number of carbonyl (C=O) groups is 1. The third-order valence-electron chi connectivity index (χ3n) is 5.42. The standard InChI is InChI=1S/C24H26FN3O4/c1-27(2)24(30)17-12-16(6-7-26-19-5-3-4-18(25)14-19)23-20(13-17)21(29)15-22(32-23)28-8-10-31-11-9-28/h3-5,12-15,26H,6-11H2,1-2H3. The lowest BCUT2D eigenvalue weighted by molar-refractivity contribution is 0.0827. The van der Waals surface area contributed by atoms with E-state index in [0.29, 0.717) is 67.4 Å². The fourth-order valence-corrected chi connectivity index (χ4v) is 3.76. The molecule has 8 heteroatoms. The summed E-state index contributed by atoms with van der Waals surface area (Å²) in [6.07, 6.45) is 0.483. The zero-order chi connectivity index (χ0) is 22.7. The first-order chi connectivity index (χ1) is 15.4. The molecule has 3 aromatic rings. The summed E-state index contributed by atoms with van der Waals surface area (Å²) in [5.74, 6) is -0.0140. The molecule has 1 aliphatic rings. The minimum absolute atomic E-state index is 0.192. The van der Waals surface area contributed by atoms with Gasteiger partial charge in [-0.1, -0.05) is 6.07 Å². The quantitative estimate of drug-likeness (QED) is 0.636. The van der Waals surface area contributed by atoms with E-state index in [2.05, 4.69) is 5.32 Å². The Morgan fingerprint density at radius 2 is 1.94 bits per heavy atom. The van der Waals surface area contributed by atoms with Crippen LogP contribution in [0.2, 0.25) is 0 Å². The van der Waals surface area contributed by atoms with Crippen molar-refractivity contribution in [1.29, 1.82) is 0 Å². The molecule has 0 spiro atoms. The van der Waals surface area contributed by atoms with Gasteiger partial charge in [0.15, 0.2) is 11.3 Å². The number of fused-ring (bicyclic) bond motifs is 1. The van der Waals surface area contributed by atoms with Gasteiger partial charge < -0.3 is 24.3 Å². The van der Waals surface area contributed by atoms with Crippen molar-refractivity contribution in [3.63, 3.8) is 0 Å². The highest BCUT2D eigenvalue weighted by Crippen LogP contribution is 2.26. The van der Waals surface area contributed by atoms with Crippen LogP contribution >= 0.6 is 0 Å². The molecule has 1 saturated heterocycles. The lowest BCUT2D eigenvalue weighted by Gasteiger charge is -2.27. The summed E-state index contributed by atoms with van der Waals surface area (Å²) in [4.78, 5) is 29.0. The van der Waals surface area contributed by atoms with E-state index in [1.54, 1.807) is 38.4 Å². The predicted molar refractivity (Wildman–Crippen MR) is 122 cm³/mol. The SMILES string of the molecule is CN(C)C(=O)c1cc(CCNc2cccc(F)c2)c2oc(N3CCOCC3)cc(=O)c2c1. The van der Waals surface area contributed by atoms with Gasteiger partial charge >= 0.3 is 0 Å². The lowest BCUT2D eigenvalue weighted by Crippen LogP contribution is -2.36. The van der Waals surface area contributed by atoms with Gasteiger partial charge in [-0.3, -0.25) is 9.59 Å². The molecule has 2 aromatic carbocycles. The van der Waals surface area contributed by atoms with Crippen LogP contribution in [-0.2, 0) is 11.2 Å². The van der Waals surface area contributed by atoms with Gasteiger partial charge in [0, 0.05) is 51.0 Å². The largest absolute Gasteiger partial charge is 0.440 e. The lowest BCUT2D eigenvalue weighted by atomic mass is 10.0. The monoisotopic (exact) mass is 439 g/mol. The van der Waals surface area contributed by atoms with Gasteiger partial charge in [0.1, 0.15) is 11.4 Å². The van der Waals surface area contributed by atoms with Gasteiger partial charge in [0.2, 0.25) is 0 Å². The van der Waals surface area contributed by atoms with Crippen molar-refractivity contribution in [2.45, 2.75) is 6.42 Å². The second-order valence-corrected chi connectivity index (χ2v) is 7.95. The van der Waals surface area contributed by atoms with Crippen LogP contribution in [0.3, 0.4) is 0 Å². The van der Waals surface area contributed by atoms with Gasteiger partial charge in [-0.2, -0.15) is 0 Å². The van der Waals surface area contributed by atoms with Crippen molar-refractivity contribution < 1.29 is 18.3 Å². The highest BCUT2D eigenvalue weighted by molar-refractivity contribution is 5.98. The summed E-state index contributed by atoms with van der Waals surface area (Å²) in [7, 11) is 3.34. The van der Waals surface area contributed by atoms with Crippen LogP contribution in [0.4, 0.5) is 16.0 Å². The van der Waals surface area contributed by atoms with Crippen LogP contribution in [-0.4, -0.2) is 57.8 Å². The Bertz CT molecular complexity index is 1190. The predicted octanol–water partition coefficient (Wildman–Crippen LogP) is 3.13. The third-order valence-corrected chi connectivity index (χ3v) is 5.42. The van der Waals surface area contributed by atoms with Crippen molar-refractivity contribution in [3.8, 4) is 0 Å². The summed E-state index contributed by atoms with van der Waals surface area (Å²) >= 11 is 0. The second-order valence-electron chi connectivity index (χ2n) is 7.95. The van der Waals surface area contributed by atoms with E-state index in [4.69, 9.17) is 9.15 Å². The molecular weight excluding hydrogens is 413 g/mol. The third kappa shape index (κ3) is 4.75. The van der Waals surface area contributed by atoms with Crippen LogP contribution in [0.25, 0.3) is 11.0 Å². The van der Waals surface area contributed by atoms with Crippen LogP contribution in [0, 0.1) is 5.82 Å². The van der Waals surface area contributed by atoms with Crippen LogP contribution in [0.15, 0.2) is 51.7 Å². The van der Waals surface area contributed by atoms with Crippen LogP contribution in [0.5, 0.6) is 0 Å². The van der Waals surface area contributed by atoms with E-state index in [0.717, 1.165) is 5.56 Å². The zero-order valence-electron chi connectivity index (χ0n) is 18.2. The molecule has 0 aliphatic carbocycles. The number of nitrogens with zero attached hydrogens (tertiary/aromatic N) is 2. The second kappa shape index (κ2) is 9.40. The number of ether oxygens (including phenoxy) is 1. The summed E-state index contributed by atoms with van der Waals surface area (Å²) in [6, 6.07) is 11.1. The van der Waals surface area contributed by atoms with Gasteiger partial charge in [-0.15, -0.1) is 0 Å². The molecule has 7 nitrogen and oxygen atoms in total. The van der Waals surface area contributed by atoms with Crippen molar-refractivity contribution in [2.24, 2.45) is 0 Å². The Labute approximate surface area is 185 Å². The number of nitrogens with one attached hydrogen (secondary N) is 1. The minimum atomic E-state index is -0.319. The average molecular weight is 439 g/mol. The Hall–Kier alpha value is -3.39. The topological polar surface area (TPSA) is 75.0 Å². The molecule has 0 bridgehead atoms. The highest BCUT2D eigenvalue weighted by atomic mass is 19.1. The van der Waals surface area contributed by atoms with E-state index < -0.39 is 0 Å². The van der Waals surface area contributed by atoms with Crippen molar-refractivity contribution in [3.05, 3.63) is 69.6 Å². The molecule has 0 radical (unpaired) electrons. The maximum Gasteiger partial charge on any atom is 0.253 e. The van der Waals surface area contributed by atoms with Crippen LogP contribution < -0.4 is 15.6 Å². The molecule has 4 rings (SSSR count). The first kappa shape index (κ1) is 21.8. The fourth-order valence-electron chi connectivity index (χ4n) is 3.76. The molecular formula is C24H26FN3O4. The number of hydrogen-bond acceptors (Lipinski definition) is 6. The molecule has 1 amide bonds. The number of rotatable bonds is 6. The molecule has 1 aliphatic heterocycles. The molecule has 0 unspecified atom stereocenters. The fraction of sp³-hybridized carbons (Fsp3) is 0.333. The number of halogens is 1. The molecule has 1 fully saturated rings. The van der Waals surface area contributed by atoms with E-state index in [1.807, 2.05) is 4.90 Å². The van der Waals surface area contributed by atoms with E-state index in [9.17, 15) is 14.0 Å². The Morgan fingerprint density at radius 3 is 2.66 bits per heavy atom. The van der Waals surface area contributed by atoms with E-state index in [1.165, 1.54) is 23.1 Å².